The SMILES string of the molecule is c1ccc2c(-c3ccc(-c4nc(-c5ccc(-n6c7ccccc7c7ccc(-c8nnc(-c9ccc%10c%11ccccc%11n(-c%11ccc(-c%12nc(-c%13ccc(-c%14cccc%15ccccc%14%15)cc%13)c%13ccccc%13n%12)cc%11)c%10c9)s8)cc76)cc5)nc5ccccc45)cc3)cccc2c1. The predicted octanol–water partition coefficient (Wildman–Crippen LogP) is 22.3. The van der Waals surface area contributed by atoms with E-state index in [1.807, 2.05) is 12.1 Å². The molecule has 19 rings (SSSR count). The van der Waals surface area contributed by atoms with Crippen molar-refractivity contribution >= 4 is 98.3 Å². The summed E-state index contributed by atoms with van der Waals surface area (Å²) in [6, 6.07) is 112. The molecule has 0 aliphatic carbocycles. The molecule has 0 radical (unpaired) electrons. The van der Waals surface area contributed by atoms with Gasteiger partial charge in [-0.25, -0.2) is 19.9 Å². The highest BCUT2D eigenvalue weighted by molar-refractivity contribution is 7.18. The van der Waals surface area contributed by atoms with Gasteiger partial charge in [0.05, 0.1) is 44.5 Å². The molecule has 95 heavy (non-hydrogen) atoms. The van der Waals surface area contributed by atoms with Gasteiger partial charge in [0.1, 0.15) is 10.0 Å². The zero-order chi connectivity index (χ0) is 62.5. The minimum Gasteiger partial charge on any atom is -0.309 e. The van der Waals surface area contributed by atoms with Gasteiger partial charge in [0.15, 0.2) is 11.6 Å². The number of benzene rings is 14. The number of hydrogen-bond acceptors (Lipinski definition) is 7. The van der Waals surface area contributed by atoms with Crippen LogP contribution in [-0.4, -0.2) is 39.3 Å². The molecule has 9 heteroatoms. The van der Waals surface area contributed by atoms with Crippen molar-refractivity contribution in [2.45, 2.75) is 0 Å². The monoisotopic (exact) mass is 1230 g/mol. The van der Waals surface area contributed by atoms with E-state index in [0.717, 1.165) is 121 Å². The Bertz CT molecular complexity index is 5870. The molecule has 442 valence electrons. The smallest absolute Gasteiger partial charge is 0.160 e. The largest absolute Gasteiger partial charge is 0.309 e. The molecule has 19 aromatic rings. The summed E-state index contributed by atoms with van der Waals surface area (Å²) < 4.78 is 4.70. The second-order valence-electron chi connectivity index (χ2n) is 24.2. The molecule has 0 aliphatic heterocycles. The topological polar surface area (TPSA) is 87.2 Å². The minimum absolute atomic E-state index is 0.674. The number of nitrogens with zero attached hydrogens (tertiary/aromatic N) is 8. The van der Waals surface area contributed by atoms with Crippen LogP contribution in [0, 0.1) is 0 Å². The van der Waals surface area contributed by atoms with E-state index in [2.05, 4.69) is 312 Å². The zero-order valence-corrected chi connectivity index (χ0v) is 51.8. The first-order valence-corrected chi connectivity index (χ1v) is 32.7. The third-order valence-corrected chi connectivity index (χ3v) is 19.8. The Morgan fingerprint density at radius 2 is 0.568 bits per heavy atom. The van der Waals surface area contributed by atoms with Gasteiger partial charge < -0.3 is 9.13 Å². The highest BCUT2D eigenvalue weighted by Crippen LogP contribution is 2.42. The summed E-state index contributed by atoms with van der Waals surface area (Å²) in [6.45, 7) is 0. The van der Waals surface area contributed by atoms with E-state index in [9.17, 15) is 0 Å². The summed E-state index contributed by atoms with van der Waals surface area (Å²) in [5.74, 6) is 1.35. The third kappa shape index (κ3) is 9.19. The van der Waals surface area contributed by atoms with Crippen LogP contribution in [0.4, 0.5) is 0 Å². The van der Waals surface area contributed by atoms with Gasteiger partial charge in [-0.3, -0.25) is 0 Å². The average molecular weight is 1230 g/mol. The summed E-state index contributed by atoms with van der Waals surface area (Å²) >= 11 is 1.60. The first kappa shape index (κ1) is 54.2. The van der Waals surface area contributed by atoms with E-state index in [4.69, 9.17) is 30.1 Å². The van der Waals surface area contributed by atoms with Crippen molar-refractivity contribution < 1.29 is 0 Å². The lowest BCUT2D eigenvalue weighted by Crippen LogP contribution is -1.97. The lowest BCUT2D eigenvalue weighted by atomic mass is 9.96. The van der Waals surface area contributed by atoms with Gasteiger partial charge in [-0.05, 0) is 129 Å². The summed E-state index contributed by atoms with van der Waals surface area (Å²) in [4.78, 5) is 20.9. The van der Waals surface area contributed by atoms with Crippen molar-refractivity contribution in [1.29, 1.82) is 0 Å². The minimum atomic E-state index is 0.674. The molecular formula is C86H52N8S. The lowest BCUT2D eigenvalue weighted by Gasteiger charge is -2.12. The van der Waals surface area contributed by atoms with Crippen LogP contribution in [0.1, 0.15) is 0 Å². The first-order chi connectivity index (χ1) is 47.1. The molecule has 0 bridgehead atoms. The molecule has 0 saturated carbocycles. The fourth-order valence-corrected chi connectivity index (χ4v) is 15.0. The molecule has 0 aliphatic rings. The van der Waals surface area contributed by atoms with Gasteiger partial charge in [-0.15, -0.1) is 10.2 Å². The maximum atomic E-state index is 5.30. The Balaban J connectivity index is 0.632. The van der Waals surface area contributed by atoms with E-state index < -0.39 is 0 Å². The number of aromatic nitrogens is 8. The van der Waals surface area contributed by atoms with Crippen LogP contribution in [0.25, 0.3) is 187 Å². The third-order valence-electron chi connectivity index (χ3n) is 18.8. The van der Waals surface area contributed by atoms with Crippen LogP contribution >= 0.6 is 11.3 Å². The molecule has 0 N–H and O–H groups in total. The maximum Gasteiger partial charge on any atom is 0.160 e. The van der Waals surface area contributed by atoms with Gasteiger partial charge in [-0.1, -0.05) is 242 Å². The van der Waals surface area contributed by atoms with Crippen molar-refractivity contribution in [2.75, 3.05) is 0 Å². The van der Waals surface area contributed by atoms with Crippen molar-refractivity contribution in [3.8, 4) is 100 Å². The summed E-state index contributed by atoms with van der Waals surface area (Å²) in [5.41, 5.74) is 20.8. The normalized spacial score (nSPS) is 11.8. The fraction of sp³-hybridized carbons (Fsp3) is 0. The van der Waals surface area contributed by atoms with Crippen molar-refractivity contribution in [1.82, 2.24) is 39.3 Å². The highest BCUT2D eigenvalue weighted by atomic mass is 32.1. The Kier molecular flexibility index (Phi) is 12.6. The van der Waals surface area contributed by atoms with Gasteiger partial charge in [0.2, 0.25) is 0 Å². The summed E-state index contributed by atoms with van der Waals surface area (Å²) in [7, 11) is 0. The van der Waals surface area contributed by atoms with Gasteiger partial charge in [-0.2, -0.15) is 0 Å². The van der Waals surface area contributed by atoms with E-state index in [1.165, 1.54) is 54.6 Å². The highest BCUT2D eigenvalue weighted by Gasteiger charge is 2.21. The van der Waals surface area contributed by atoms with E-state index in [-0.39, 0.29) is 0 Å². The summed E-state index contributed by atoms with van der Waals surface area (Å²) in [6.07, 6.45) is 0. The molecule has 8 nitrogen and oxygen atoms in total. The number of rotatable bonds is 10. The molecule has 14 aromatic carbocycles. The molecule has 0 unspecified atom stereocenters. The molecule has 0 amide bonds. The van der Waals surface area contributed by atoms with E-state index in [1.54, 1.807) is 11.3 Å². The Hall–Kier alpha value is -12.6. The molecule has 0 atom stereocenters. The van der Waals surface area contributed by atoms with Crippen LogP contribution < -0.4 is 0 Å². The van der Waals surface area contributed by atoms with Gasteiger partial charge in [0, 0.05) is 77.1 Å². The average Bonchev–Trinajstić information content (AvgIpc) is 1.63. The Labute approximate surface area is 549 Å². The standard InChI is InChI=1S/C86H52N8S/c1-3-19-65-53(15-1)17-13-25-67(65)55-31-35-57(36-32-55)81-73-23-5-9-27-75(73)87-83(89-81)59-39-45-63(46-40-59)93-77-29-11-7-21-69(77)71-49-43-61(51-79(71)93)85-91-92-86(95-85)62-44-50-72-70-22-8-12-30-78(70)94(80(72)52-62)64-47-41-60(42-48-64)84-88-76-28-10-6-24-74(76)82(90-84)58-37-33-56(34-38-58)68-26-14-18-54-16-2-4-20-66(54)68/h1-52H. The molecular weight excluding hydrogens is 1180 g/mol. The molecule has 0 fully saturated rings. The summed E-state index contributed by atoms with van der Waals surface area (Å²) in [5, 5.41) is 23.1. The van der Waals surface area contributed by atoms with Crippen molar-refractivity contribution in [3.05, 3.63) is 315 Å². The second kappa shape index (κ2) is 22.1. The van der Waals surface area contributed by atoms with Crippen LogP contribution in [-0.2, 0) is 0 Å². The van der Waals surface area contributed by atoms with Crippen molar-refractivity contribution in [3.63, 3.8) is 0 Å². The van der Waals surface area contributed by atoms with Gasteiger partial charge >= 0.3 is 0 Å². The van der Waals surface area contributed by atoms with Crippen LogP contribution in [0.15, 0.2) is 315 Å². The van der Waals surface area contributed by atoms with Crippen LogP contribution in [0.2, 0.25) is 0 Å². The maximum absolute atomic E-state index is 5.30. The Morgan fingerprint density at radius 1 is 0.232 bits per heavy atom. The fourth-order valence-electron chi connectivity index (χ4n) is 14.2. The number of fused-ring (bicyclic) bond motifs is 10. The zero-order valence-electron chi connectivity index (χ0n) is 51.0. The molecule has 5 heterocycles. The van der Waals surface area contributed by atoms with Crippen LogP contribution in [0.5, 0.6) is 0 Å². The second-order valence-corrected chi connectivity index (χ2v) is 25.2. The molecule has 0 saturated heterocycles. The van der Waals surface area contributed by atoms with Crippen LogP contribution in [0.3, 0.4) is 0 Å². The molecule has 5 aromatic heterocycles. The van der Waals surface area contributed by atoms with E-state index >= 15 is 0 Å². The van der Waals surface area contributed by atoms with Crippen molar-refractivity contribution in [2.24, 2.45) is 0 Å². The quantitative estimate of drug-likeness (QED) is 0.136. The Morgan fingerprint density at radius 3 is 1.01 bits per heavy atom. The molecule has 0 spiro atoms. The van der Waals surface area contributed by atoms with Gasteiger partial charge in [0.25, 0.3) is 0 Å². The van der Waals surface area contributed by atoms with E-state index in [0.29, 0.717) is 11.6 Å². The lowest BCUT2D eigenvalue weighted by molar-refractivity contribution is 1.10. The predicted molar refractivity (Wildman–Crippen MR) is 393 cm³/mol. The number of para-hydroxylation sites is 4. The first-order valence-electron chi connectivity index (χ1n) is 31.9. The number of hydrogen-bond donors (Lipinski definition) is 0.